The summed E-state index contributed by atoms with van der Waals surface area (Å²) in [5, 5.41) is 9.44. The quantitative estimate of drug-likeness (QED) is 0.902. The molecule has 0 heterocycles. The predicted octanol–water partition coefficient (Wildman–Crippen LogP) is 3.03. The normalized spacial score (nSPS) is 26.8. The molecule has 1 aliphatic carbocycles. The molecule has 1 fully saturated rings. The molecule has 0 spiro atoms. The maximum Gasteiger partial charge on any atom is 0.310 e. The van der Waals surface area contributed by atoms with E-state index in [-0.39, 0.29) is 16.7 Å². The van der Waals surface area contributed by atoms with Crippen LogP contribution in [-0.2, 0) is 14.6 Å². The number of benzene rings is 1. The highest BCUT2D eigenvalue weighted by Crippen LogP contribution is 2.39. The van der Waals surface area contributed by atoms with Crippen molar-refractivity contribution in [1.29, 1.82) is 0 Å². The van der Waals surface area contributed by atoms with Crippen molar-refractivity contribution in [2.24, 2.45) is 11.8 Å². The first kappa shape index (κ1) is 16.9. The topological polar surface area (TPSA) is 71.4 Å². The lowest BCUT2D eigenvalue weighted by molar-refractivity contribution is -0.139. The van der Waals surface area contributed by atoms with E-state index < -0.39 is 27.9 Å². The first-order valence-electron chi connectivity index (χ1n) is 7.35. The van der Waals surface area contributed by atoms with Crippen molar-refractivity contribution >= 4 is 15.8 Å². The summed E-state index contributed by atoms with van der Waals surface area (Å²) in [7, 11) is -3.30. The molecule has 0 aliphatic heterocycles. The molecule has 1 unspecified atom stereocenters. The molecular formula is C16H21FO4S. The molecule has 0 bridgehead atoms. The number of hydrogen-bond acceptors (Lipinski definition) is 3. The lowest BCUT2D eigenvalue weighted by atomic mass is 9.87. The van der Waals surface area contributed by atoms with Crippen LogP contribution in [0.15, 0.2) is 29.2 Å². The minimum Gasteiger partial charge on any atom is -0.481 e. The summed E-state index contributed by atoms with van der Waals surface area (Å²) in [5.74, 6) is -1.65. The number of halogens is 1. The fourth-order valence-electron chi connectivity index (χ4n) is 3.17. The van der Waals surface area contributed by atoms with E-state index >= 15 is 0 Å². The van der Waals surface area contributed by atoms with Gasteiger partial charge in [0.25, 0.3) is 0 Å². The fraction of sp³-hybridized carbons (Fsp3) is 0.562. The van der Waals surface area contributed by atoms with Gasteiger partial charge in [0.1, 0.15) is 6.17 Å². The Balaban J connectivity index is 2.17. The van der Waals surface area contributed by atoms with Gasteiger partial charge in [0.05, 0.1) is 10.8 Å². The first-order valence-corrected chi connectivity index (χ1v) is 9.24. The minimum absolute atomic E-state index is 0.0212. The van der Waals surface area contributed by atoms with Crippen LogP contribution in [0.4, 0.5) is 4.39 Å². The molecule has 2 rings (SSSR count). The van der Waals surface area contributed by atoms with Crippen molar-refractivity contribution in [3.05, 3.63) is 29.8 Å². The van der Waals surface area contributed by atoms with E-state index in [0.717, 1.165) is 6.26 Å². The highest BCUT2D eigenvalue weighted by atomic mass is 32.2. The Morgan fingerprint density at radius 2 is 1.91 bits per heavy atom. The van der Waals surface area contributed by atoms with Gasteiger partial charge in [-0.25, -0.2) is 12.8 Å². The van der Waals surface area contributed by atoms with Crippen LogP contribution in [0.3, 0.4) is 0 Å². The zero-order valence-electron chi connectivity index (χ0n) is 12.7. The number of carbonyl (C=O) groups is 1. The van der Waals surface area contributed by atoms with Crippen LogP contribution >= 0.6 is 0 Å². The molecule has 0 radical (unpaired) electrons. The molecule has 1 aliphatic rings. The fourth-order valence-corrected chi connectivity index (χ4v) is 3.80. The Hall–Kier alpha value is -1.43. The Morgan fingerprint density at radius 3 is 2.32 bits per heavy atom. The smallest absolute Gasteiger partial charge is 0.310 e. The van der Waals surface area contributed by atoms with Crippen LogP contribution < -0.4 is 0 Å². The van der Waals surface area contributed by atoms with Crippen molar-refractivity contribution in [3.63, 3.8) is 0 Å². The third-order valence-electron chi connectivity index (χ3n) is 4.46. The number of carboxylic acids is 1. The van der Waals surface area contributed by atoms with E-state index in [2.05, 4.69) is 0 Å². The van der Waals surface area contributed by atoms with Crippen LogP contribution in [0.25, 0.3) is 0 Å². The molecule has 4 nitrogen and oxygen atoms in total. The number of carboxylic acid groups (broad SMARTS) is 1. The number of rotatable bonds is 5. The van der Waals surface area contributed by atoms with E-state index in [4.69, 9.17) is 0 Å². The van der Waals surface area contributed by atoms with Crippen molar-refractivity contribution < 1.29 is 22.7 Å². The molecule has 122 valence electrons. The van der Waals surface area contributed by atoms with Gasteiger partial charge >= 0.3 is 5.97 Å². The summed E-state index contributed by atoms with van der Waals surface area (Å²) < 4.78 is 36.5. The van der Waals surface area contributed by atoms with Gasteiger partial charge in [-0.2, -0.15) is 0 Å². The Labute approximate surface area is 130 Å². The molecular weight excluding hydrogens is 307 g/mol. The summed E-state index contributed by atoms with van der Waals surface area (Å²) in [6.45, 7) is 1.85. The second kappa shape index (κ2) is 6.36. The second-order valence-electron chi connectivity index (χ2n) is 6.30. The molecule has 6 heteroatoms. The standard InChI is InChI=1S/C16H21FO4S/c1-10-7-11(9-15(10)17)8-14(16(18)19)12-3-5-13(6-4-12)22(2,20)21/h3-6,10-11,14-15H,7-9H2,1-2H3,(H,18,19)/t10-,11-,14?,15+/m1/s1. The Bertz CT molecular complexity index is 629. The average molecular weight is 328 g/mol. The first-order chi connectivity index (χ1) is 10.2. The van der Waals surface area contributed by atoms with Crippen molar-refractivity contribution in [1.82, 2.24) is 0 Å². The van der Waals surface area contributed by atoms with E-state index in [1.165, 1.54) is 12.1 Å². The number of aliphatic carboxylic acids is 1. The van der Waals surface area contributed by atoms with E-state index in [9.17, 15) is 22.7 Å². The van der Waals surface area contributed by atoms with E-state index in [1.54, 1.807) is 12.1 Å². The summed E-state index contributed by atoms with van der Waals surface area (Å²) >= 11 is 0. The lowest BCUT2D eigenvalue weighted by Crippen LogP contribution is -2.15. The van der Waals surface area contributed by atoms with Crippen LogP contribution in [0.1, 0.15) is 37.7 Å². The van der Waals surface area contributed by atoms with Gasteiger partial charge in [-0.15, -0.1) is 0 Å². The number of hydrogen-bond donors (Lipinski definition) is 1. The second-order valence-corrected chi connectivity index (χ2v) is 8.31. The number of alkyl halides is 1. The van der Waals surface area contributed by atoms with Crippen molar-refractivity contribution in [2.45, 2.75) is 43.2 Å². The van der Waals surface area contributed by atoms with E-state index in [1.807, 2.05) is 6.92 Å². The average Bonchev–Trinajstić information content (AvgIpc) is 2.74. The monoisotopic (exact) mass is 328 g/mol. The zero-order valence-corrected chi connectivity index (χ0v) is 13.5. The number of sulfone groups is 1. The largest absolute Gasteiger partial charge is 0.481 e. The Kier molecular flexibility index (Phi) is 4.90. The van der Waals surface area contributed by atoms with Crippen LogP contribution in [0, 0.1) is 11.8 Å². The van der Waals surface area contributed by atoms with E-state index in [0.29, 0.717) is 24.8 Å². The molecule has 0 aromatic heterocycles. The summed E-state index contributed by atoms with van der Waals surface area (Å²) in [4.78, 5) is 11.7. The summed E-state index contributed by atoms with van der Waals surface area (Å²) in [6, 6.07) is 5.94. The third kappa shape index (κ3) is 3.85. The molecule has 22 heavy (non-hydrogen) atoms. The van der Waals surface area contributed by atoms with Crippen LogP contribution in [0.5, 0.6) is 0 Å². The van der Waals surface area contributed by atoms with Crippen LogP contribution in [-0.4, -0.2) is 31.9 Å². The van der Waals surface area contributed by atoms with Crippen LogP contribution in [0.2, 0.25) is 0 Å². The highest BCUT2D eigenvalue weighted by Gasteiger charge is 2.34. The summed E-state index contributed by atoms with van der Waals surface area (Å²) in [6.07, 6.45) is 1.75. The lowest BCUT2D eigenvalue weighted by Gasteiger charge is -2.17. The molecule has 0 amide bonds. The van der Waals surface area contributed by atoms with Gasteiger partial charge in [-0.1, -0.05) is 19.1 Å². The predicted molar refractivity (Wildman–Crippen MR) is 81.3 cm³/mol. The van der Waals surface area contributed by atoms with Gasteiger partial charge in [0, 0.05) is 6.26 Å². The molecule has 1 N–H and O–H groups in total. The van der Waals surface area contributed by atoms with Gasteiger partial charge in [-0.05, 0) is 48.8 Å². The molecule has 0 saturated heterocycles. The molecule has 1 aromatic rings. The molecule has 1 aromatic carbocycles. The molecule has 1 saturated carbocycles. The van der Waals surface area contributed by atoms with Crippen molar-refractivity contribution in [2.75, 3.05) is 6.26 Å². The van der Waals surface area contributed by atoms with Gasteiger partial charge in [-0.3, -0.25) is 4.79 Å². The minimum atomic E-state index is -3.30. The molecule has 4 atom stereocenters. The third-order valence-corrected chi connectivity index (χ3v) is 5.59. The maximum atomic E-state index is 13.6. The Morgan fingerprint density at radius 1 is 1.32 bits per heavy atom. The van der Waals surface area contributed by atoms with Crippen molar-refractivity contribution in [3.8, 4) is 0 Å². The van der Waals surface area contributed by atoms with Gasteiger partial charge < -0.3 is 5.11 Å². The summed E-state index contributed by atoms with van der Waals surface area (Å²) in [5.41, 5.74) is 0.565. The highest BCUT2D eigenvalue weighted by molar-refractivity contribution is 7.90. The zero-order chi connectivity index (χ0) is 16.5. The maximum absolute atomic E-state index is 13.6. The van der Waals surface area contributed by atoms with Gasteiger partial charge in [0.2, 0.25) is 0 Å². The van der Waals surface area contributed by atoms with Gasteiger partial charge in [0.15, 0.2) is 9.84 Å². The SMILES string of the molecule is C[C@@H]1C[C@H](CC(C(=O)O)c2ccc(S(C)(=O)=O)cc2)C[C@@H]1F.